The van der Waals surface area contributed by atoms with E-state index in [0.717, 1.165) is 12.5 Å². The molecular formula is C20H21N3O7S. The van der Waals surface area contributed by atoms with E-state index in [2.05, 4.69) is 0 Å². The maximum Gasteiger partial charge on any atom is 0.270 e. The summed E-state index contributed by atoms with van der Waals surface area (Å²) in [4.78, 5) is 24.7. The molecule has 0 aromatic heterocycles. The van der Waals surface area contributed by atoms with E-state index in [9.17, 15) is 23.3 Å². The van der Waals surface area contributed by atoms with Crippen molar-refractivity contribution in [1.29, 1.82) is 0 Å². The first-order chi connectivity index (χ1) is 14.9. The predicted octanol–water partition coefficient (Wildman–Crippen LogP) is 1.90. The predicted molar refractivity (Wildman–Crippen MR) is 110 cm³/mol. The van der Waals surface area contributed by atoms with Crippen molar-refractivity contribution in [3.8, 4) is 11.5 Å². The Morgan fingerprint density at radius 3 is 2.39 bits per heavy atom. The quantitative estimate of drug-likeness (QED) is 0.519. The highest BCUT2D eigenvalue weighted by Crippen LogP contribution is 2.31. The standard InChI is InChI=1S/C20H21N3O7S/c24-20(15-5-6-18-19(13-15)30-12-2-11-29-18)21-7-9-22(10-8-21)31(27,28)17-4-1-3-16(14-17)23(25)26/h1,3-6,13-14H,2,7-12H2. The van der Waals surface area contributed by atoms with Gasteiger partial charge in [-0.25, -0.2) is 8.42 Å². The van der Waals surface area contributed by atoms with Crippen LogP contribution in [0.2, 0.25) is 0 Å². The lowest BCUT2D eigenvalue weighted by Crippen LogP contribution is -2.50. The monoisotopic (exact) mass is 447 g/mol. The number of nitrogens with zero attached hydrogens (tertiary/aromatic N) is 3. The van der Waals surface area contributed by atoms with Crippen LogP contribution in [-0.2, 0) is 10.0 Å². The largest absolute Gasteiger partial charge is 0.490 e. The second-order valence-electron chi connectivity index (χ2n) is 7.16. The second kappa shape index (κ2) is 8.52. The van der Waals surface area contributed by atoms with Gasteiger partial charge in [0.15, 0.2) is 11.5 Å². The fraction of sp³-hybridized carbons (Fsp3) is 0.350. The number of amides is 1. The molecule has 0 saturated carbocycles. The van der Waals surface area contributed by atoms with Crippen molar-refractivity contribution in [2.24, 2.45) is 0 Å². The Balaban J connectivity index is 1.45. The molecule has 1 amide bonds. The average Bonchev–Trinajstić information content (AvgIpc) is 3.03. The number of carbonyl (C=O) groups excluding carboxylic acids is 1. The molecule has 164 valence electrons. The third-order valence-corrected chi connectivity index (χ3v) is 7.08. The summed E-state index contributed by atoms with van der Waals surface area (Å²) in [5.74, 6) is 0.903. The number of non-ortho nitro benzene ring substituents is 1. The summed E-state index contributed by atoms with van der Waals surface area (Å²) in [6.07, 6.45) is 0.763. The summed E-state index contributed by atoms with van der Waals surface area (Å²) in [7, 11) is -3.89. The highest BCUT2D eigenvalue weighted by atomic mass is 32.2. The molecule has 1 saturated heterocycles. The Bertz CT molecular complexity index is 1110. The number of hydrogen-bond donors (Lipinski definition) is 0. The molecule has 31 heavy (non-hydrogen) atoms. The van der Waals surface area contributed by atoms with E-state index < -0.39 is 14.9 Å². The van der Waals surface area contributed by atoms with Crippen molar-refractivity contribution in [1.82, 2.24) is 9.21 Å². The molecular weight excluding hydrogens is 426 g/mol. The van der Waals surface area contributed by atoms with Gasteiger partial charge < -0.3 is 14.4 Å². The summed E-state index contributed by atoms with van der Waals surface area (Å²) >= 11 is 0. The Hall–Kier alpha value is -3.18. The van der Waals surface area contributed by atoms with Gasteiger partial charge in [-0.2, -0.15) is 4.31 Å². The van der Waals surface area contributed by atoms with Crippen LogP contribution >= 0.6 is 0 Å². The van der Waals surface area contributed by atoms with E-state index in [1.165, 1.54) is 22.5 Å². The molecule has 11 heteroatoms. The number of benzene rings is 2. The minimum atomic E-state index is -3.89. The molecule has 0 unspecified atom stereocenters. The zero-order valence-corrected chi connectivity index (χ0v) is 17.4. The van der Waals surface area contributed by atoms with Crippen LogP contribution in [0.15, 0.2) is 47.4 Å². The van der Waals surface area contributed by atoms with Gasteiger partial charge in [0.1, 0.15) is 0 Å². The van der Waals surface area contributed by atoms with Crippen molar-refractivity contribution >= 4 is 21.6 Å². The van der Waals surface area contributed by atoms with E-state index >= 15 is 0 Å². The summed E-state index contributed by atoms with van der Waals surface area (Å²) in [5.41, 5.74) is 0.156. The van der Waals surface area contributed by atoms with Gasteiger partial charge in [-0.15, -0.1) is 0 Å². The van der Waals surface area contributed by atoms with Gasteiger partial charge in [-0.05, 0) is 24.3 Å². The zero-order valence-electron chi connectivity index (χ0n) is 16.6. The van der Waals surface area contributed by atoms with Crippen LogP contribution in [0.5, 0.6) is 11.5 Å². The minimum Gasteiger partial charge on any atom is -0.490 e. The van der Waals surface area contributed by atoms with Gasteiger partial charge in [0, 0.05) is 50.3 Å². The molecule has 0 radical (unpaired) electrons. The molecule has 1 fully saturated rings. The van der Waals surface area contributed by atoms with E-state index in [1.807, 2.05) is 0 Å². The Morgan fingerprint density at radius 2 is 1.68 bits per heavy atom. The number of ether oxygens (including phenoxy) is 2. The highest BCUT2D eigenvalue weighted by molar-refractivity contribution is 7.89. The molecule has 0 atom stereocenters. The summed E-state index contributed by atoms with van der Waals surface area (Å²) < 4.78 is 38.2. The van der Waals surface area contributed by atoms with E-state index in [0.29, 0.717) is 30.3 Å². The van der Waals surface area contributed by atoms with E-state index in [4.69, 9.17) is 9.47 Å². The van der Waals surface area contributed by atoms with Gasteiger partial charge in [0.25, 0.3) is 11.6 Å². The summed E-state index contributed by atoms with van der Waals surface area (Å²) in [6, 6.07) is 9.98. The topological polar surface area (TPSA) is 119 Å². The van der Waals surface area contributed by atoms with Crippen LogP contribution in [0.3, 0.4) is 0 Å². The van der Waals surface area contributed by atoms with Gasteiger partial charge in [-0.1, -0.05) is 6.07 Å². The van der Waals surface area contributed by atoms with Crippen LogP contribution in [0, 0.1) is 10.1 Å². The highest BCUT2D eigenvalue weighted by Gasteiger charge is 2.31. The molecule has 2 aliphatic heterocycles. The van der Waals surface area contributed by atoms with Gasteiger partial charge in [0.05, 0.1) is 23.0 Å². The minimum absolute atomic E-state index is 0.0985. The van der Waals surface area contributed by atoms with Crippen molar-refractivity contribution in [2.75, 3.05) is 39.4 Å². The normalized spacial score (nSPS) is 17.1. The molecule has 0 aliphatic carbocycles. The van der Waals surface area contributed by atoms with Crippen LogP contribution in [-0.4, -0.2) is 67.8 Å². The van der Waals surface area contributed by atoms with Crippen molar-refractivity contribution < 1.29 is 27.6 Å². The number of nitro benzene ring substituents is 1. The molecule has 2 heterocycles. The lowest BCUT2D eigenvalue weighted by atomic mass is 10.1. The second-order valence-corrected chi connectivity index (χ2v) is 9.10. The Kier molecular flexibility index (Phi) is 5.79. The van der Waals surface area contributed by atoms with Crippen LogP contribution in [0.1, 0.15) is 16.8 Å². The van der Waals surface area contributed by atoms with Crippen LogP contribution < -0.4 is 9.47 Å². The number of sulfonamides is 1. The first kappa shape index (κ1) is 21.1. The fourth-order valence-electron chi connectivity index (χ4n) is 3.52. The SMILES string of the molecule is O=C(c1ccc2c(c1)OCCCO2)N1CCN(S(=O)(=O)c2cccc([N+](=O)[O-])c2)CC1. The van der Waals surface area contributed by atoms with Gasteiger partial charge in [-0.3, -0.25) is 14.9 Å². The zero-order chi connectivity index (χ0) is 22.0. The number of fused-ring (bicyclic) bond motifs is 1. The molecule has 0 spiro atoms. The number of rotatable bonds is 4. The van der Waals surface area contributed by atoms with Gasteiger partial charge >= 0.3 is 0 Å². The molecule has 4 rings (SSSR count). The Labute approximate surface area is 179 Å². The summed E-state index contributed by atoms with van der Waals surface area (Å²) in [6.45, 7) is 1.69. The molecule has 2 aliphatic rings. The first-order valence-electron chi connectivity index (χ1n) is 9.80. The van der Waals surface area contributed by atoms with E-state index in [-0.39, 0.29) is 42.7 Å². The van der Waals surface area contributed by atoms with E-state index in [1.54, 1.807) is 23.1 Å². The van der Waals surface area contributed by atoms with Crippen LogP contribution in [0.4, 0.5) is 5.69 Å². The lowest BCUT2D eigenvalue weighted by molar-refractivity contribution is -0.385. The molecule has 0 bridgehead atoms. The lowest BCUT2D eigenvalue weighted by Gasteiger charge is -2.34. The summed E-state index contributed by atoms with van der Waals surface area (Å²) in [5, 5.41) is 11.0. The fourth-order valence-corrected chi connectivity index (χ4v) is 4.98. The van der Waals surface area contributed by atoms with Crippen molar-refractivity contribution in [2.45, 2.75) is 11.3 Å². The Morgan fingerprint density at radius 1 is 0.968 bits per heavy atom. The number of nitro groups is 1. The third kappa shape index (κ3) is 4.32. The maximum absolute atomic E-state index is 12.9. The smallest absolute Gasteiger partial charge is 0.270 e. The number of piperazine rings is 1. The first-order valence-corrected chi connectivity index (χ1v) is 11.2. The number of carbonyl (C=O) groups is 1. The van der Waals surface area contributed by atoms with Crippen LogP contribution in [0.25, 0.3) is 0 Å². The van der Waals surface area contributed by atoms with Crippen molar-refractivity contribution in [3.05, 3.63) is 58.1 Å². The third-order valence-electron chi connectivity index (χ3n) is 5.19. The molecule has 2 aromatic rings. The van der Waals surface area contributed by atoms with Gasteiger partial charge in [0.2, 0.25) is 10.0 Å². The molecule has 2 aromatic carbocycles. The van der Waals surface area contributed by atoms with Crippen molar-refractivity contribution in [3.63, 3.8) is 0 Å². The molecule has 10 nitrogen and oxygen atoms in total. The average molecular weight is 447 g/mol. The maximum atomic E-state index is 12.9. The number of hydrogen-bond acceptors (Lipinski definition) is 7. The molecule has 0 N–H and O–H groups in total.